The van der Waals surface area contributed by atoms with E-state index in [0.717, 1.165) is 20.5 Å². The first kappa shape index (κ1) is 41.8. The lowest BCUT2D eigenvalue weighted by molar-refractivity contribution is -0.195. The zero-order valence-electron chi connectivity index (χ0n) is 31.7. The molecule has 7 rings (SSSR count). The van der Waals surface area contributed by atoms with Crippen LogP contribution in [0.25, 0.3) is 5.69 Å². The van der Waals surface area contributed by atoms with E-state index < -0.39 is 77.7 Å². The molecule has 2 aromatic carbocycles. The molecule has 13 nitrogen and oxygen atoms in total. The van der Waals surface area contributed by atoms with Gasteiger partial charge < -0.3 is 19.9 Å². The van der Waals surface area contributed by atoms with Crippen molar-refractivity contribution in [2.24, 2.45) is 21.6 Å². The number of fused-ring (bicyclic) bond motifs is 1. The van der Waals surface area contributed by atoms with Crippen molar-refractivity contribution in [3.05, 3.63) is 82.4 Å². The number of anilines is 1. The molecule has 4 aromatic rings. The van der Waals surface area contributed by atoms with E-state index in [2.05, 4.69) is 20.3 Å². The van der Waals surface area contributed by atoms with Crippen LogP contribution in [0, 0.1) is 10.8 Å². The summed E-state index contributed by atoms with van der Waals surface area (Å²) in [5.41, 5.74) is 3.08. The fourth-order valence-electron chi connectivity index (χ4n) is 7.62. The van der Waals surface area contributed by atoms with Gasteiger partial charge in [-0.1, -0.05) is 50.6 Å². The van der Waals surface area contributed by atoms with Crippen LogP contribution in [0.15, 0.2) is 53.8 Å². The number of halogens is 9. The summed E-state index contributed by atoms with van der Waals surface area (Å²) in [7, 11) is 0. The first-order chi connectivity index (χ1) is 27.5. The second kappa shape index (κ2) is 14.7. The predicted octanol–water partition coefficient (Wildman–Crippen LogP) is 7.29. The number of alkyl halides is 8. The Morgan fingerprint density at radius 1 is 1.00 bits per heavy atom. The van der Waals surface area contributed by atoms with E-state index >= 15 is 4.79 Å². The minimum Gasteiger partial charge on any atom is -0.463 e. The molecule has 22 heteroatoms. The number of carbonyl (C=O) groups excluding carboxylic acids is 2. The van der Waals surface area contributed by atoms with Gasteiger partial charge in [0.2, 0.25) is 5.82 Å². The number of ether oxygens (including phenoxy) is 1. The van der Waals surface area contributed by atoms with E-state index in [4.69, 9.17) is 27.1 Å². The fourth-order valence-corrected chi connectivity index (χ4v) is 7.82. The van der Waals surface area contributed by atoms with Crippen molar-refractivity contribution in [1.82, 2.24) is 34.4 Å². The zero-order valence-corrected chi connectivity index (χ0v) is 32.4. The number of nitrogens with two attached hydrogens (primary N) is 1. The molecule has 59 heavy (non-hydrogen) atoms. The number of aliphatic imine (C=N–C) groups is 1. The van der Waals surface area contributed by atoms with E-state index in [1.54, 1.807) is 29.2 Å². The SMILES string of the molecule is CC(C)(C)C[C@]1(c2ccc(N3CCn4c(nnc4C(F)(F)F)C3)cc2)N=C(N)N([C@H](COC(=O)CC2(C(F)(F)F)CC2)c2ccc(Cl)c(-n3ncnc3C(F)F)c2)C1=O. The van der Waals surface area contributed by atoms with Crippen LogP contribution in [-0.4, -0.2) is 71.6 Å². The largest absolute Gasteiger partial charge is 0.463 e. The van der Waals surface area contributed by atoms with Gasteiger partial charge in [-0.25, -0.2) is 23.4 Å². The summed E-state index contributed by atoms with van der Waals surface area (Å²) in [6.45, 7) is 5.06. The molecule has 0 spiro atoms. The first-order valence-corrected chi connectivity index (χ1v) is 18.7. The van der Waals surface area contributed by atoms with Gasteiger partial charge >= 0.3 is 18.3 Å². The molecule has 2 N–H and O–H groups in total. The van der Waals surface area contributed by atoms with Gasteiger partial charge in [-0.15, -0.1) is 10.2 Å². The highest BCUT2D eigenvalue weighted by Crippen LogP contribution is 2.60. The molecule has 3 aliphatic rings. The average Bonchev–Trinajstić information content (AvgIpc) is 3.46. The fraction of sp³-hybridized carbons (Fsp3) is 0.486. The molecule has 2 atom stereocenters. The highest BCUT2D eigenvalue weighted by atomic mass is 35.5. The van der Waals surface area contributed by atoms with Crippen molar-refractivity contribution in [1.29, 1.82) is 0 Å². The van der Waals surface area contributed by atoms with Gasteiger partial charge in [0.25, 0.3) is 12.3 Å². The third kappa shape index (κ3) is 7.92. The van der Waals surface area contributed by atoms with Crippen molar-refractivity contribution in [3.63, 3.8) is 0 Å². The van der Waals surface area contributed by atoms with Crippen LogP contribution >= 0.6 is 11.6 Å². The van der Waals surface area contributed by atoms with Crippen molar-refractivity contribution in [2.75, 3.05) is 18.1 Å². The Hall–Kier alpha value is -5.34. The molecule has 1 amide bonds. The molecule has 316 valence electrons. The van der Waals surface area contributed by atoms with Crippen molar-refractivity contribution < 1.29 is 49.4 Å². The molecule has 0 bridgehead atoms. The van der Waals surface area contributed by atoms with E-state index in [1.807, 2.05) is 20.8 Å². The van der Waals surface area contributed by atoms with Crippen molar-refractivity contribution >= 4 is 35.1 Å². The maximum Gasteiger partial charge on any atom is 0.451 e. The average molecular weight is 857 g/mol. The third-order valence-electron chi connectivity index (χ3n) is 10.6. The Morgan fingerprint density at radius 2 is 1.69 bits per heavy atom. The summed E-state index contributed by atoms with van der Waals surface area (Å²) < 4.78 is 117. The van der Waals surface area contributed by atoms with E-state index in [9.17, 15) is 39.9 Å². The zero-order chi connectivity index (χ0) is 42.9. The summed E-state index contributed by atoms with van der Waals surface area (Å²) in [6.07, 6.45) is -12.9. The molecule has 1 saturated carbocycles. The van der Waals surface area contributed by atoms with Gasteiger partial charge in [-0.05, 0) is 60.1 Å². The Kier molecular flexibility index (Phi) is 10.4. The Balaban J connectivity index is 1.23. The Bertz CT molecular complexity index is 2280. The number of esters is 1. The summed E-state index contributed by atoms with van der Waals surface area (Å²) in [5, 5.41) is 10.9. The van der Waals surface area contributed by atoms with Crippen LogP contribution in [0.5, 0.6) is 0 Å². The molecule has 0 radical (unpaired) electrons. The first-order valence-electron chi connectivity index (χ1n) is 18.3. The minimum atomic E-state index is -4.67. The van der Waals surface area contributed by atoms with Gasteiger partial charge in [0.05, 0.1) is 35.1 Å². The van der Waals surface area contributed by atoms with E-state index in [-0.39, 0.29) is 67.0 Å². The summed E-state index contributed by atoms with van der Waals surface area (Å²) in [6, 6.07) is 9.30. The topological polar surface area (TPSA) is 150 Å². The Labute approximate surface area is 336 Å². The van der Waals surface area contributed by atoms with Gasteiger partial charge in [-0.2, -0.15) is 31.4 Å². The van der Waals surface area contributed by atoms with Gasteiger partial charge in [-0.3, -0.25) is 14.5 Å². The minimum absolute atomic E-state index is 0.0222. The number of aromatic nitrogens is 6. The summed E-state index contributed by atoms with van der Waals surface area (Å²) in [5.74, 6) is -3.92. The normalized spacial score (nSPS) is 19.9. The van der Waals surface area contributed by atoms with Crippen molar-refractivity contribution in [2.45, 2.75) is 89.9 Å². The lowest BCUT2D eigenvalue weighted by atomic mass is 9.75. The van der Waals surface area contributed by atoms with Crippen LogP contribution < -0.4 is 10.6 Å². The molecular weight excluding hydrogens is 820 g/mol. The summed E-state index contributed by atoms with van der Waals surface area (Å²) in [4.78, 5) is 39.2. The maximum atomic E-state index is 15.0. The number of amides is 1. The van der Waals surface area contributed by atoms with Crippen LogP contribution in [-0.2, 0) is 39.1 Å². The molecule has 0 saturated heterocycles. The number of hydrogen-bond acceptors (Lipinski definition) is 10. The number of guanidine groups is 1. The second-order valence-corrected chi connectivity index (χ2v) is 16.4. The highest BCUT2D eigenvalue weighted by Gasteiger charge is 2.64. The molecule has 1 fully saturated rings. The third-order valence-corrected chi connectivity index (χ3v) is 11.0. The van der Waals surface area contributed by atoms with Crippen LogP contribution in [0.3, 0.4) is 0 Å². The van der Waals surface area contributed by atoms with Crippen molar-refractivity contribution in [3.8, 4) is 5.69 Å². The predicted molar refractivity (Wildman–Crippen MR) is 194 cm³/mol. The van der Waals surface area contributed by atoms with Crippen LogP contribution in [0.4, 0.5) is 40.8 Å². The molecule has 2 aromatic heterocycles. The number of carbonyl (C=O) groups is 2. The number of benzene rings is 2. The van der Waals surface area contributed by atoms with E-state index in [0.29, 0.717) is 11.3 Å². The quantitative estimate of drug-likeness (QED) is 0.121. The van der Waals surface area contributed by atoms with Crippen LogP contribution in [0.2, 0.25) is 5.02 Å². The van der Waals surface area contributed by atoms with Gasteiger partial charge in [0, 0.05) is 18.8 Å². The molecule has 2 aliphatic heterocycles. The molecular formula is C37H37ClF8N10O3. The molecule has 1 aliphatic carbocycles. The standard InChI is InChI=1S/C37H37ClF8N10O3/c1-33(2,3)18-35(21-5-7-22(8-6-21)53-12-13-54-26(16-53)51-52-30(54)36(41,42)43)31(58)55(32(47)50-35)25(17-59-27(57)15-34(10-11-34)37(44,45)46)20-4-9-23(38)24(14-20)56-29(28(39)40)48-19-49-56/h4-9,14,19,25,28H,10-13,15-18H2,1-3H3,(H2,47,50)/t25-,35-/m1/s1. The monoisotopic (exact) mass is 856 g/mol. The molecule has 4 heterocycles. The molecule has 0 unspecified atom stereocenters. The second-order valence-electron chi connectivity index (χ2n) is 16.0. The highest BCUT2D eigenvalue weighted by molar-refractivity contribution is 6.32. The number of nitrogens with zero attached hydrogens (tertiary/aromatic N) is 9. The number of rotatable bonds is 11. The van der Waals surface area contributed by atoms with E-state index in [1.165, 1.54) is 18.2 Å². The lowest BCUT2D eigenvalue weighted by Gasteiger charge is -2.35. The van der Waals surface area contributed by atoms with Crippen LogP contribution in [0.1, 0.15) is 87.5 Å². The van der Waals surface area contributed by atoms with Gasteiger partial charge in [0.15, 0.2) is 23.1 Å². The Morgan fingerprint density at radius 3 is 2.31 bits per heavy atom. The summed E-state index contributed by atoms with van der Waals surface area (Å²) >= 11 is 6.44. The smallest absolute Gasteiger partial charge is 0.451 e. The lowest BCUT2D eigenvalue weighted by Crippen LogP contribution is -2.47. The maximum absolute atomic E-state index is 15.0. The number of hydrogen-bond donors (Lipinski definition) is 1. The van der Waals surface area contributed by atoms with Gasteiger partial charge in [0.1, 0.15) is 12.9 Å².